The first-order valence-electron chi connectivity index (χ1n) is 8.21. The second kappa shape index (κ2) is 6.05. The van der Waals surface area contributed by atoms with Gasteiger partial charge in [0.15, 0.2) is 5.82 Å². The van der Waals surface area contributed by atoms with E-state index in [1.165, 1.54) is 0 Å². The van der Waals surface area contributed by atoms with Crippen LogP contribution in [0.4, 0.5) is 5.82 Å². The van der Waals surface area contributed by atoms with Crippen LogP contribution in [0, 0.1) is 13.8 Å². The molecular formula is C19H19N5O. The monoisotopic (exact) mass is 333 g/mol. The molecule has 0 radical (unpaired) electrons. The first-order chi connectivity index (χ1) is 12.1. The van der Waals surface area contributed by atoms with E-state index in [0.29, 0.717) is 11.6 Å². The van der Waals surface area contributed by atoms with Crippen LogP contribution in [0.3, 0.4) is 0 Å². The largest absolute Gasteiger partial charge is 0.459 e. The number of fused-ring (bicyclic) bond motifs is 1. The predicted octanol–water partition coefficient (Wildman–Crippen LogP) is 4.20. The summed E-state index contributed by atoms with van der Waals surface area (Å²) in [7, 11) is 0. The van der Waals surface area contributed by atoms with Gasteiger partial charge in [-0.25, -0.2) is 9.67 Å². The molecule has 25 heavy (non-hydrogen) atoms. The molecule has 1 aromatic carbocycles. The third-order valence-corrected chi connectivity index (χ3v) is 4.08. The zero-order valence-electron chi connectivity index (χ0n) is 14.4. The summed E-state index contributed by atoms with van der Waals surface area (Å²) in [4.78, 5) is 8.91. The number of anilines is 1. The minimum Gasteiger partial charge on any atom is -0.459 e. The normalized spacial score (nSPS) is 12.4. The second-order valence-corrected chi connectivity index (χ2v) is 6.15. The van der Waals surface area contributed by atoms with Gasteiger partial charge >= 0.3 is 0 Å². The van der Waals surface area contributed by atoms with Crippen LogP contribution in [-0.2, 0) is 0 Å². The van der Waals surface area contributed by atoms with Crippen molar-refractivity contribution >= 4 is 16.8 Å². The molecule has 0 fully saturated rings. The average Bonchev–Trinajstić information content (AvgIpc) is 3.18. The van der Waals surface area contributed by atoms with Gasteiger partial charge in [0.25, 0.3) is 0 Å². The highest BCUT2D eigenvalue weighted by Gasteiger charge is 2.13. The summed E-state index contributed by atoms with van der Waals surface area (Å²) in [5.41, 5.74) is 2.86. The Morgan fingerprint density at radius 3 is 2.72 bits per heavy atom. The Morgan fingerprint density at radius 2 is 1.96 bits per heavy atom. The molecule has 3 heterocycles. The molecule has 3 aromatic heterocycles. The molecule has 126 valence electrons. The van der Waals surface area contributed by atoms with E-state index in [9.17, 15) is 0 Å². The highest BCUT2D eigenvalue weighted by Crippen LogP contribution is 2.25. The van der Waals surface area contributed by atoms with Crippen LogP contribution in [0.25, 0.3) is 16.8 Å². The van der Waals surface area contributed by atoms with E-state index in [4.69, 9.17) is 4.42 Å². The topological polar surface area (TPSA) is 68.8 Å². The lowest BCUT2D eigenvalue weighted by atomic mass is 10.2. The fourth-order valence-electron chi connectivity index (χ4n) is 2.90. The van der Waals surface area contributed by atoms with Crippen molar-refractivity contribution in [3.63, 3.8) is 0 Å². The van der Waals surface area contributed by atoms with Gasteiger partial charge in [-0.05, 0) is 39.0 Å². The number of hydrogen-bond donors (Lipinski definition) is 1. The van der Waals surface area contributed by atoms with E-state index in [0.717, 1.165) is 28.1 Å². The summed E-state index contributed by atoms with van der Waals surface area (Å²) in [6.07, 6.45) is 3.41. The van der Waals surface area contributed by atoms with E-state index in [1.807, 2.05) is 57.2 Å². The number of aromatic nitrogens is 4. The standard InChI is InChI=1S/C19H19N5O/c1-12-8-13(2)24(23-12)19-11-20-10-18(22-19)21-14(3)17-9-15-6-4-5-7-16(15)25-17/h4-11,14H,1-3H3,(H,21,22). The van der Waals surface area contributed by atoms with Crippen LogP contribution in [0.15, 0.2) is 53.2 Å². The summed E-state index contributed by atoms with van der Waals surface area (Å²) in [6, 6.07) is 12.0. The molecular weight excluding hydrogens is 314 g/mol. The van der Waals surface area contributed by atoms with Crippen molar-refractivity contribution < 1.29 is 4.42 Å². The molecule has 0 amide bonds. The Balaban J connectivity index is 1.60. The molecule has 1 atom stereocenters. The Labute approximate surface area is 145 Å². The molecule has 1 N–H and O–H groups in total. The lowest BCUT2D eigenvalue weighted by Gasteiger charge is -2.12. The fourth-order valence-corrected chi connectivity index (χ4v) is 2.90. The molecule has 4 rings (SSSR count). The molecule has 0 aliphatic carbocycles. The maximum absolute atomic E-state index is 5.91. The number of rotatable bonds is 4. The quantitative estimate of drug-likeness (QED) is 0.606. The minimum absolute atomic E-state index is 0.0302. The molecule has 0 spiro atoms. The third-order valence-electron chi connectivity index (χ3n) is 4.08. The van der Waals surface area contributed by atoms with E-state index >= 15 is 0 Å². The Kier molecular flexibility index (Phi) is 3.72. The molecule has 0 aliphatic rings. The molecule has 0 aliphatic heterocycles. The van der Waals surface area contributed by atoms with Crippen LogP contribution in [0.5, 0.6) is 0 Å². The van der Waals surface area contributed by atoms with Crippen molar-refractivity contribution in [2.75, 3.05) is 5.32 Å². The number of hydrogen-bond acceptors (Lipinski definition) is 5. The van der Waals surface area contributed by atoms with Gasteiger partial charge in [0.05, 0.1) is 24.1 Å². The predicted molar refractivity (Wildman–Crippen MR) is 96.9 cm³/mol. The van der Waals surface area contributed by atoms with Crippen molar-refractivity contribution in [3.8, 4) is 5.82 Å². The smallest absolute Gasteiger partial charge is 0.174 e. The van der Waals surface area contributed by atoms with Gasteiger partial charge in [-0.2, -0.15) is 5.10 Å². The van der Waals surface area contributed by atoms with Gasteiger partial charge < -0.3 is 9.73 Å². The van der Waals surface area contributed by atoms with Crippen LogP contribution in [0.2, 0.25) is 0 Å². The molecule has 6 heteroatoms. The fraction of sp³-hybridized carbons (Fsp3) is 0.211. The number of aryl methyl sites for hydroxylation is 2. The van der Waals surface area contributed by atoms with Crippen molar-refractivity contribution in [2.45, 2.75) is 26.8 Å². The zero-order chi connectivity index (χ0) is 17.4. The lowest BCUT2D eigenvalue weighted by molar-refractivity contribution is 0.525. The van der Waals surface area contributed by atoms with Crippen LogP contribution < -0.4 is 5.32 Å². The van der Waals surface area contributed by atoms with Gasteiger partial charge in [0.2, 0.25) is 0 Å². The maximum Gasteiger partial charge on any atom is 0.174 e. The van der Waals surface area contributed by atoms with Crippen molar-refractivity contribution in [3.05, 3.63) is 65.9 Å². The highest BCUT2D eigenvalue weighted by atomic mass is 16.3. The minimum atomic E-state index is -0.0302. The summed E-state index contributed by atoms with van der Waals surface area (Å²) < 4.78 is 7.70. The number of nitrogens with zero attached hydrogens (tertiary/aromatic N) is 4. The van der Waals surface area contributed by atoms with Gasteiger partial charge in [0, 0.05) is 11.1 Å². The Hall–Kier alpha value is -3.15. The molecule has 0 saturated carbocycles. The molecule has 6 nitrogen and oxygen atoms in total. The van der Waals surface area contributed by atoms with Gasteiger partial charge in [0.1, 0.15) is 17.2 Å². The van der Waals surface area contributed by atoms with E-state index < -0.39 is 0 Å². The van der Waals surface area contributed by atoms with Crippen LogP contribution in [0.1, 0.15) is 30.1 Å². The van der Waals surface area contributed by atoms with E-state index in [2.05, 4.69) is 20.4 Å². The van der Waals surface area contributed by atoms with Crippen molar-refractivity contribution in [2.24, 2.45) is 0 Å². The first-order valence-corrected chi connectivity index (χ1v) is 8.21. The molecule has 4 aromatic rings. The molecule has 0 saturated heterocycles. The average molecular weight is 333 g/mol. The maximum atomic E-state index is 5.91. The van der Waals surface area contributed by atoms with Crippen LogP contribution >= 0.6 is 0 Å². The zero-order valence-corrected chi connectivity index (χ0v) is 14.4. The molecule has 0 bridgehead atoms. The Morgan fingerprint density at radius 1 is 1.12 bits per heavy atom. The van der Waals surface area contributed by atoms with E-state index in [-0.39, 0.29) is 6.04 Å². The summed E-state index contributed by atoms with van der Waals surface area (Å²) in [6.45, 7) is 6.00. The number of para-hydroxylation sites is 1. The molecule has 1 unspecified atom stereocenters. The number of nitrogens with one attached hydrogen (secondary N) is 1. The van der Waals surface area contributed by atoms with Crippen molar-refractivity contribution in [1.82, 2.24) is 19.7 Å². The summed E-state index contributed by atoms with van der Waals surface area (Å²) >= 11 is 0. The van der Waals surface area contributed by atoms with Gasteiger partial charge in [-0.3, -0.25) is 4.98 Å². The Bertz CT molecular complexity index is 1000. The van der Waals surface area contributed by atoms with Crippen molar-refractivity contribution in [1.29, 1.82) is 0 Å². The number of furan rings is 1. The summed E-state index contributed by atoms with van der Waals surface area (Å²) in [5.74, 6) is 2.23. The van der Waals surface area contributed by atoms with Gasteiger partial charge in [-0.15, -0.1) is 0 Å². The second-order valence-electron chi connectivity index (χ2n) is 6.15. The number of benzene rings is 1. The van der Waals surface area contributed by atoms with E-state index in [1.54, 1.807) is 17.1 Å². The highest BCUT2D eigenvalue weighted by molar-refractivity contribution is 5.77. The van der Waals surface area contributed by atoms with Gasteiger partial charge in [-0.1, -0.05) is 18.2 Å². The SMILES string of the molecule is Cc1cc(C)n(-c2cncc(NC(C)c3cc4ccccc4o3)n2)n1. The third kappa shape index (κ3) is 2.98. The lowest BCUT2D eigenvalue weighted by Crippen LogP contribution is -2.10. The summed E-state index contributed by atoms with van der Waals surface area (Å²) in [5, 5.41) is 8.89. The first kappa shape index (κ1) is 15.4. The van der Waals surface area contributed by atoms with Crippen LogP contribution in [-0.4, -0.2) is 19.7 Å².